The summed E-state index contributed by atoms with van der Waals surface area (Å²) in [4.78, 5) is 41.9. The van der Waals surface area contributed by atoms with E-state index < -0.39 is 0 Å². The van der Waals surface area contributed by atoms with Gasteiger partial charge in [0.25, 0.3) is 0 Å². The Balaban J connectivity index is 0.000000197. The predicted octanol–water partition coefficient (Wildman–Crippen LogP) is 1.94. The van der Waals surface area contributed by atoms with Crippen LogP contribution in [0.1, 0.15) is 48.3 Å². The molecule has 0 unspecified atom stereocenters. The molecule has 18 heteroatoms. The molecule has 0 aromatic carbocycles. The second kappa shape index (κ2) is 14.9. The van der Waals surface area contributed by atoms with E-state index in [1.54, 1.807) is 28.9 Å². The summed E-state index contributed by atoms with van der Waals surface area (Å²) in [5.74, 6) is 2.69. The van der Waals surface area contributed by atoms with Crippen molar-refractivity contribution in [2.24, 2.45) is 28.2 Å². The Labute approximate surface area is 326 Å². The average Bonchev–Trinajstić information content (AvgIpc) is 3.94. The Morgan fingerprint density at radius 3 is 1.58 bits per heavy atom. The van der Waals surface area contributed by atoms with Crippen LogP contribution in [-0.4, -0.2) is 75.3 Å². The molecular weight excluding hydrogens is 687 g/mol. The topological polar surface area (TPSA) is 195 Å². The Morgan fingerprint density at radius 1 is 0.736 bits per heavy atom. The molecule has 0 fully saturated rings. The van der Waals surface area contributed by atoms with Crippen molar-refractivity contribution in [1.29, 1.82) is 0 Å². The van der Waals surface area contributed by atoms with E-state index in [0.29, 0.717) is 47.7 Å². The number of fused-ring (bicyclic) bond motifs is 6. The van der Waals surface area contributed by atoms with Gasteiger partial charge < -0.3 is 39.2 Å². The van der Waals surface area contributed by atoms with Gasteiger partial charge in [-0.3, -0.25) is 14.2 Å². The Hall–Kier alpha value is -5.36. The van der Waals surface area contributed by atoms with Crippen LogP contribution in [0.5, 0.6) is 0 Å². The van der Waals surface area contributed by atoms with Gasteiger partial charge in [-0.1, -0.05) is 5.69 Å². The van der Waals surface area contributed by atoms with E-state index in [9.17, 15) is 9.59 Å². The number of ketones is 1. The zero-order chi connectivity index (χ0) is 36.3. The summed E-state index contributed by atoms with van der Waals surface area (Å²) < 4.78 is 11.3. The average molecular weight is 728 g/mol. The minimum Gasteiger partial charge on any atom is -0.870 e. The Bertz CT molecular complexity index is 2610. The van der Waals surface area contributed by atoms with E-state index in [0.717, 1.165) is 55.5 Å². The van der Waals surface area contributed by atoms with Crippen molar-refractivity contribution in [3.8, 4) is 0 Å². The summed E-state index contributed by atoms with van der Waals surface area (Å²) in [6.45, 7) is 10.8. The molecule has 53 heavy (non-hydrogen) atoms. The largest absolute Gasteiger partial charge is 1.00 e. The molecule has 8 rings (SSSR count). The summed E-state index contributed by atoms with van der Waals surface area (Å²) in [6, 6.07) is 7.63. The summed E-state index contributed by atoms with van der Waals surface area (Å²) in [7, 11) is 7.66. The van der Waals surface area contributed by atoms with Gasteiger partial charge in [-0.05, 0) is 39.1 Å². The zero-order valence-corrected chi connectivity index (χ0v) is 33.5. The summed E-state index contributed by atoms with van der Waals surface area (Å²) >= 11 is 0. The maximum absolute atomic E-state index is 12.1. The van der Waals surface area contributed by atoms with Crippen molar-refractivity contribution in [2.75, 3.05) is 10.6 Å². The van der Waals surface area contributed by atoms with Gasteiger partial charge >= 0.3 is 29.6 Å². The minimum absolute atomic E-state index is 0. The first-order chi connectivity index (χ1) is 24.4. The molecule has 0 radical (unpaired) electrons. The van der Waals surface area contributed by atoms with Crippen LogP contribution in [-0.2, 0) is 46.1 Å². The van der Waals surface area contributed by atoms with Crippen molar-refractivity contribution < 1.29 is 44.6 Å². The third kappa shape index (κ3) is 6.60. The standard InChI is InChI=1S/C18H21N7O.C17H18N7O.Na.H2O/c1-6-25-13(11(3)26)8-12-16-15(19-9-23(16)4)17(21-18(12)25)20-14-7-10(2)24(5)22-14;1-5-24-11(8-25)7-12-15-14(18-9-22(15)3)16(20-17(12)24)19-13-6-10(2)23(4)21-13;;/h7-9H,6H2,1-5H3,(H,20,21,22);6-7,9H,5H2,1-4H3,(H,19,20,21);;1H2/q;-1;+1;/p-1. The van der Waals surface area contributed by atoms with Crippen LogP contribution in [0, 0.1) is 13.8 Å². The van der Waals surface area contributed by atoms with Gasteiger partial charge in [0.15, 0.2) is 29.1 Å². The van der Waals surface area contributed by atoms with Gasteiger partial charge in [-0.25, -0.2) is 19.9 Å². The van der Waals surface area contributed by atoms with Crippen LogP contribution in [0.4, 0.5) is 23.3 Å². The van der Waals surface area contributed by atoms with Gasteiger partial charge in [0.1, 0.15) is 22.3 Å². The van der Waals surface area contributed by atoms with Gasteiger partial charge in [0.05, 0.1) is 29.4 Å². The molecule has 0 atom stereocenters. The number of hydrogen-bond donors (Lipinski definition) is 2. The first-order valence-corrected chi connectivity index (χ1v) is 16.6. The number of anilines is 4. The van der Waals surface area contributed by atoms with Gasteiger partial charge in [0.2, 0.25) is 0 Å². The zero-order valence-electron chi connectivity index (χ0n) is 31.5. The number of carbonyl (C=O) groups is 1. The van der Waals surface area contributed by atoms with Crippen molar-refractivity contribution in [3.63, 3.8) is 0 Å². The van der Waals surface area contributed by atoms with Crippen LogP contribution in [0.15, 0.2) is 36.9 Å². The molecule has 270 valence electrons. The molecule has 0 aliphatic rings. The molecule has 0 aliphatic heterocycles. The number of aryl methyl sites for hydroxylation is 8. The van der Waals surface area contributed by atoms with E-state index in [-0.39, 0.29) is 40.8 Å². The quantitative estimate of drug-likeness (QED) is 0.132. The van der Waals surface area contributed by atoms with E-state index in [4.69, 9.17) is 9.97 Å². The fourth-order valence-electron chi connectivity index (χ4n) is 6.50. The second-order valence-electron chi connectivity index (χ2n) is 12.5. The Kier molecular flexibility index (Phi) is 11.0. The molecule has 8 aromatic rings. The number of Topliss-reactive ketones (excluding diaryl/α,β-unsaturated/α-hetero) is 1. The summed E-state index contributed by atoms with van der Waals surface area (Å²) in [6.07, 6.45) is 5.50. The van der Waals surface area contributed by atoms with Crippen LogP contribution in [0.25, 0.3) is 44.1 Å². The second-order valence-corrected chi connectivity index (χ2v) is 12.5. The van der Waals surface area contributed by atoms with Crippen molar-refractivity contribution in [1.82, 2.24) is 57.8 Å². The fourth-order valence-corrected chi connectivity index (χ4v) is 6.50. The normalized spacial score (nSPS) is 11.1. The molecule has 8 heterocycles. The molecular formula is C35H40N14NaO3-. The summed E-state index contributed by atoms with van der Waals surface area (Å²) in [5.41, 5.74) is 8.08. The van der Waals surface area contributed by atoms with Crippen LogP contribution < -0.4 is 40.2 Å². The molecule has 0 saturated heterocycles. The monoisotopic (exact) mass is 727 g/mol. The number of hydrogen-bond acceptors (Lipinski definition) is 11. The number of pyridine rings is 2. The molecule has 8 aromatic heterocycles. The van der Waals surface area contributed by atoms with E-state index in [1.807, 2.05) is 105 Å². The van der Waals surface area contributed by atoms with Crippen LogP contribution in [0.2, 0.25) is 0 Å². The Morgan fingerprint density at radius 2 is 1.19 bits per heavy atom. The van der Waals surface area contributed by atoms with Crippen molar-refractivity contribution in [3.05, 3.63) is 59.7 Å². The number of aromatic nitrogens is 12. The fraction of sp³-hybridized carbons (Fsp3) is 0.314. The molecule has 0 spiro atoms. The van der Waals surface area contributed by atoms with E-state index in [2.05, 4.69) is 30.8 Å². The third-order valence-corrected chi connectivity index (χ3v) is 9.22. The first kappa shape index (κ1) is 38.9. The van der Waals surface area contributed by atoms with E-state index in [1.165, 1.54) is 0 Å². The predicted molar refractivity (Wildman–Crippen MR) is 199 cm³/mol. The van der Waals surface area contributed by atoms with Crippen molar-refractivity contribution >= 4 is 79.5 Å². The smallest absolute Gasteiger partial charge is 0.870 e. The van der Waals surface area contributed by atoms with Gasteiger partial charge in [-0.2, -0.15) is 16.3 Å². The molecule has 0 aliphatic carbocycles. The molecule has 0 saturated carbocycles. The number of nitrogens with one attached hydrogen (secondary N) is 2. The van der Waals surface area contributed by atoms with Crippen LogP contribution >= 0.6 is 0 Å². The number of rotatable bonds is 8. The number of nitrogens with zero attached hydrogens (tertiary/aromatic N) is 12. The van der Waals surface area contributed by atoms with Crippen molar-refractivity contribution in [2.45, 2.75) is 47.7 Å². The van der Waals surface area contributed by atoms with E-state index >= 15 is 0 Å². The molecule has 17 nitrogen and oxygen atoms in total. The van der Waals surface area contributed by atoms with Gasteiger partial charge in [-0.15, -0.1) is 0 Å². The van der Waals surface area contributed by atoms with Gasteiger partial charge in [0, 0.05) is 83.4 Å². The molecule has 0 bridgehead atoms. The third-order valence-electron chi connectivity index (χ3n) is 9.22. The SMILES string of the molecule is CCn1c(C(C)=O)cc2c3c(ncn3C)c(Nc3cc(C)n(C)n3)nc21.CCn1c([C-]=O)cc2c3c(ncn3C)c(Nc3cc(C)n(C)n3)nc21.[Na+].[OH-]. The minimum atomic E-state index is 0. The maximum atomic E-state index is 12.1. The number of carbonyl (C=O) groups excluding carboxylic acids is 2. The first-order valence-electron chi connectivity index (χ1n) is 16.6. The summed E-state index contributed by atoms with van der Waals surface area (Å²) in [5, 5.41) is 17.2. The number of imidazole rings is 2. The molecule has 3 N–H and O–H groups in total. The maximum Gasteiger partial charge on any atom is 1.00 e. The van der Waals surface area contributed by atoms with Crippen LogP contribution in [0.3, 0.4) is 0 Å². The molecule has 0 amide bonds.